The average Bonchev–Trinajstić information content (AvgIpc) is 2.60. The van der Waals surface area contributed by atoms with Crippen molar-refractivity contribution in [3.8, 4) is 17.7 Å². The number of amides is 2. The molecule has 7 heteroatoms. The number of pyridine rings is 1. The molecule has 7 nitrogen and oxygen atoms in total. The molecule has 0 radical (unpaired) electrons. The molecule has 25 heavy (non-hydrogen) atoms. The maximum Gasteiger partial charge on any atom is 0.322 e. The maximum atomic E-state index is 12.3. The third kappa shape index (κ3) is 3.98. The number of hydrogen-bond acceptors (Lipinski definition) is 5. The van der Waals surface area contributed by atoms with Crippen LogP contribution in [-0.2, 0) is 0 Å². The third-order valence-corrected chi connectivity index (χ3v) is 3.72. The number of carbonyl (C=O) groups excluding carboxylic acids is 1. The van der Waals surface area contributed by atoms with E-state index in [0.29, 0.717) is 42.6 Å². The molecule has 0 aliphatic carbocycles. The summed E-state index contributed by atoms with van der Waals surface area (Å²) in [7, 11) is 0. The summed E-state index contributed by atoms with van der Waals surface area (Å²) in [6, 6.07) is 12.4. The minimum absolute atomic E-state index is 0.103. The number of nitriles is 1. The molecule has 0 bridgehead atoms. The molecule has 0 spiro atoms. The Kier molecular flexibility index (Phi) is 5.00. The molecule has 0 atom stereocenters. The van der Waals surface area contributed by atoms with Crippen LogP contribution in [0.15, 0.2) is 42.6 Å². The van der Waals surface area contributed by atoms with E-state index in [1.807, 2.05) is 31.2 Å². The van der Waals surface area contributed by atoms with E-state index in [1.165, 1.54) is 6.20 Å². The van der Waals surface area contributed by atoms with Gasteiger partial charge in [-0.05, 0) is 25.1 Å². The fourth-order valence-electron chi connectivity index (χ4n) is 2.41. The van der Waals surface area contributed by atoms with Crippen LogP contribution in [0.25, 0.3) is 0 Å². The Labute approximate surface area is 145 Å². The SMILES string of the molecule is CCOc1ccccc1NC(=O)N1CC(Oc2ccc(C#N)cn2)C1. The number of urea groups is 1. The van der Waals surface area contributed by atoms with Gasteiger partial charge >= 0.3 is 6.03 Å². The number of nitrogens with zero attached hydrogens (tertiary/aromatic N) is 3. The minimum Gasteiger partial charge on any atom is -0.492 e. The zero-order chi connectivity index (χ0) is 17.6. The van der Waals surface area contributed by atoms with Crippen molar-refractivity contribution in [3.05, 3.63) is 48.2 Å². The Balaban J connectivity index is 1.50. The van der Waals surface area contributed by atoms with Gasteiger partial charge in [-0.25, -0.2) is 9.78 Å². The lowest BCUT2D eigenvalue weighted by atomic mass is 10.2. The number of para-hydroxylation sites is 2. The molecule has 1 aliphatic rings. The van der Waals surface area contributed by atoms with Gasteiger partial charge in [0.2, 0.25) is 5.88 Å². The summed E-state index contributed by atoms with van der Waals surface area (Å²) in [4.78, 5) is 18.0. The second-order valence-corrected chi connectivity index (χ2v) is 5.50. The maximum absolute atomic E-state index is 12.3. The highest BCUT2D eigenvalue weighted by Crippen LogP contribution is 2.25. The molecule has 1 saturated heterocycles. The van der Waals surface area contributed by atoms with Crippen molar-refractivity contribution in [2.75, 3.05) is 25.0 Å². The quantitative estimate of drug-likeness (QED) is 0.905. The van der Waals surface area contributed by atoms with E-state index in [0.717, 1.165) is 0 Å². The fourth-order valence-corrected chi connectivity index (χ4v) is 2.41. The fraction of sp³-hybridized carbons (Fsp3) is 0.278. The Morgan fingerprint density at radius 2 is 2.16 bits per heavy atom. The Hall–Kier alpha value is -3.27. The Morgan fingerprint density at radius 1 is 1.36 bits per heavy atom. The van der Waals surface area contributed by atoms with Crippen molar-refractivity contribution in [2.45, 2.75) is 13.0 Å². The normalized spacial score (nSPS) is 13.5. The van der Waals surface area contributed by atoms with Crippen molar-refractivity contribution in [2.24, 2.45) is 0 Å². The zero-order valence-electron chi connectivity index (χ0n) is 13.8. The number of carbonyl (C=O) groups is 1. The van der Waals surface area contributed by atoms with E-state index in [9.17, 15) is 4.79 Å². The van der Waals surface area contributed by atoms with E-state index >= 15 is 0 Å². The van der Waals surface area contributed by atoms with E-state index in [4.69, 9.17) is 14.7 Å². The molecule has 2 aromatic rings. The number of ether oxygens (including phenoxy) is 2. The van der Waals surface area contributed by atoms with Crippen molar-refractivity contribution in [1.29, 1.82) is 5.26 Å². The van der Waals surface area contributed by atoms with Crippen molar-refractivity contribution < 1.29 is 14.3 Å². The Morgan fingerprint density at radius 3 is 2.84 bits per heavy atom. The van der Waals surface area contributed by atoms with Gasteiger partial charge in [0.25, 0.3) is 0 Å². The highest BCUT2D eigenvalue weighted by Gasteiger charge is 2.32. The molecule has 1 aromatic carbocycles. The molecule has 0 unspecified atom stereocenters. The average molecular weight is 338 g/mol. The van der Waals surface area contributed by atoms with Crippen LogP contribution in [0.3, 0.4) is 0 Å². The topological polar surface area (TPSA) is 87.5 Å². The summed E-state index contributed by atoms with van der Waals surface area (Å²) < 4.78 is 11.2. The molecule has 1 N–H and O–H groups in total. The highest BCUT2D eigenvalue weighted by atomic mass is 16.5. The number of rotatable bonds is 5. The third-order valence-electron chi connectivity index (χ3n) is 3.72. The van der Waals surface area contributed by atoms with Gasteiger partial charge in [0, 0.05) is 12.3 Å². The van der Waals surface area contributed by atoms with Crippen LogP contribution in [0.5, 0.6) is 11.6 Å². The predicted octanol–water partition coefficient (Wildman–Crippen LogP) is 2.65. The van der Waals surface area contributed by atoms with Crippen LogP contribution in [-0.4, -0.2) is 41.7 Å². The monoisotopic (exact) mass is 338 g/mol. The van der Waals surface area contributed by atoms with Gasteiger partial charge in [-0.3, -0.25) is 0 Å². The minimum atomic E-state index is -0.195. The number of anilines is 1. The van der Waals surface area contributed by atoms with Gasteiger partial charge < -0.3 is 19.7 Å². The highest BCUT2D eigenvalue weighted by molar-refractivity contribution is 5.91. The lowest BCUT2D eigenvalue weighted by molar-refractivity contribution is 0.0460. The summed E-state index contributed by atoms with van der Waals surface area (Å²) >= 11 is 0. The van der Waals surface area contributed by atoms with Gasteiger partial charge in [0.05, 0.1) is 30.9 Å². The van der Waals surface area contributed by atoms with Crippen molar-refractivity contribution in [1.82, 2.24) is 9.88 Å². The standard InChI is InChI=1S/C18H18N4O3/c1-2-24-16-6-4-3-5-15(16)21-18(23)22-11-14(12-22)25-17-8-7-13(9-19)10-20-17/h3-8,10,14H,2,11-12H2,1H3,(H,21,23). The zero-order valence-corrected chi connectivity index (χ0v) is 13.8. The van der Waals surface area contributed by atoms with Crippen LogP contribution in [0.4, 0.5) is 10.5 Å². The van der Waals surface area contributed by atoms with Crippen molar-refractivity contribution in [3.63, 3.8) is 0 Å². The first-order valence-corrected chi connectivity index (χ1v) is 8.00. The molecule has 0 saturated carbocycles. The first-order valence-electron chi connectivity index (χ1n) is 8.00. The predicted molar refractivity (Wildman–Crippen MR) is 91.6 cm³/mol. The van der Waals surface area contributed by atoms with Gasteiger partial charge in [-0.2, -0.15) is 5.26 Å². The van der Waals surface area contributed by atoms with Crippen LogP contribution >= 0.6 is 0 Å². The molecule has 128 valence electrons. The molecular weight excluding hydrogens is 320 g/mol. The number of likely N-dealkylation sites (tertiary alicyclic amines) is 1. The second-order valence-electron chi connectivity index (χ2n) is 5.50. The first-order chi connectivity index (χ1) is 12.2. The smallest absolute Gasteiger partial charge is 0.322 e. The molecule has 1 fully saturated rings. The van der Waals surface area contributed by atoms with Crippen LogP contribution < -0.4 is 14.8 Å². The van der Waals surface area contributed by atoms with Gasteiger partial charge in [0.1, 0.15) is 17.9 Å². The lowest BCUT2D eigenvalue weighted by Gasteiger charge is -2.38. The number of benzene rings is 1. The summed E-state index contributed by atoms with van der Waals surface area (Å²) in [5, 5.41) is 11.6. The van der Waals surface area contributed by atoms with Crippen LogP contribution in [0.1, 0.15) is 12.5 Å². The summed E-state index contributed by atoms with van der Waals surface area (Å²) in [5.41, 5.74) is 1.13. The number of hydrogen-bond donors (Lipinski definition) is 1. The summed E-state index contributed by atoms with van der Waals surface area (Å²) in [6.45, 7) is 3.38. The van der Waals surface area contributed by atoms with Gasteiger partial charge in [-0.1, -0.05) is 12.1 Å². The van der Waals surface area contributed by atoms with Crippen molar-refractivity contribution >= 4 is 11.7 Å². The molecule has 3 rings (SSSR count). The lowest BCUT2D eigenvalue weighted by Crippen LogP contribution is -2.57. The van der Waals surface area contributed by atoms with E-state index in [2.05, 4.69) is 10.3 Å². The second kappa shape index (κ2) is 7.53. The summed E-state index contributed by atoms with van der Waals surface area (Å²) in [6.07, 6.45) is 1.36. The van der Waals surface area contributed by atoms with Gasteiger partial charge in [0.15, 0.2) is 0 Å². The molecule has 1 aromatic heterocycles. The van der Waals surface area contributed by atoms with E-state index in [-0.39, 0.29) is 12.1 Å². The molecule has 2 heterocycles. The largest absolute Gasteiger partial charge is 0.492 e. The molecular formula is C18H18N4O3. The molecule has 2 amide bonds. The van der Waals surface area contributed by atoms with E-state index in [1.54, 1.807) is 23.1 Å². The summed E-state index contributed by atoms with van der Waals surface area (Å²) in [5.74, 6) is 1.10. The first kappa shape index (κ1) is 16.6. The number of aromatic nitrogens is 1. The molecule has 1 aliphatic heterocycles. The Bertz CT molecular complexity index is 780. The van der Waals surface area contributed by atoms with Crippen LogP contribution in [0, 0.1) is 11.3 Å². The van der Waals surface area contributed by atoms with Gasteiger partial charge in [-0.15, -0.1) is 0 Å². The van der Waals surface area contributed by atoms with Crippen LogP contribution in [0.2, 0.25) is 0 Å². The van der Waals surface area contributed by atoms with E-state index < -0.39 is 0 Å². The number of nitrogens with one attached hydrogen (secondary N) is 1.